The lowest BCUT2D eigenvalue weighted by Gasteiger charge is -2.24. The zero-order valence-corrected chi connectivity index (χ0v) is 11.9. The lowest BCUT2D eigenvalue weighted by Crippen LogP contribution is -2.29. The third-order valence-corrected chi connectivity index (χ3v) is 4.47. The Kier molecular flexibility index (Phi) is 5.25. The van der Waals surface area contributed by atoms with Gasteiger partial charge >= 0.3 is 0 Å². The highest BCUT2D eigenvalue weighted by atomic mass is 14.8. The van der Waals surface area contributed by atoms with Gasteiger partial charge in [-0.25, -0.2) is 0 Å². The molecule has 1 aliphatic carbocycles. The van der Waals surface area contributed by atoms with Crippen LogP contribution in [0, 0.1) is 18.8 Å². The van der Waals surface area contributed by atoms with Gasteiger partial charge in [0.15, 0.2) is 0 Å². The van der Waals surface area contributed by atoms with E-state index < -0.39 is 0 Å². The zero-order valence-electron chi connectivity index (χ0n) is 11.9. The van der Waals surface area contributed by atoms with Crippen molar-refractivity contribution in [2.45, 2.75) is 46.0 Å². The largest absolute Gasteiger partial charge is 0.317 e. The molecule has 1 aromatic carbocycles. The molecule has 1 atom stereocenters. The number of hydrogen-bond acceptors (Lipinski definition) is 1. The predicted molar refractivity (Wildman–Crippen MR) is 78.9 cm³/mol. The van der Waals surface area contributed by atoms with Crippen molar-refractivity contribution < 1.29 is 0 Å². The molecular formula is C17H27N. The first kappa shape index (κ1) is 13.6. The maximum Gasteiger partial charge on any atom is -0.00148 e. The van der Waals surface area contributed by atoms with E-state index in [-0.39, 0.29) is 0 Å². The number of nitrogens with one attached hydrogen (secondary N) is 1. The highest BCUT2D eigenvalue weighted by Gasteiger charge is 2.25. The number of benzene rings is 1. The number of aryl methyl sites for hydroxylation is 1. The van der Waals surface area contributed by atoms with E-state index in [2.05, 4.69) is 43.4 Å². The summed E-state index contributed by atoms with van der Waals surface area (Å²) < 4.78 is 0. The van der Waals surface area contributed by atoms with Crippen molar-refractivity contribution in [3.8, 4) is 0 Å². The van der Waals surface area contributed by atoms with Gasteiger partial charge in [0.05, 0.1) is 0 Å². The molecule has 0 amide bonds. The fraction of sp³-hybridized carbons (Fsp3) is 0.647. The maximum atomic E-state index is 3.56. The van der Waals surface area contributed by atoms with E-state index in [4.69, 9.17) is 0 Å². The Morgan fingerprint density at radius 1 is 1.22 bits per heavy atom. The van der Waals surface area contributed by atoms with Gasteiger partial charge in [-0.3, -0.25) is 0 Å². The summed E-state index contributed by atoms with van der Waals surface area (Å²) in [6.07, 6.45) is 7.04. The molecule has 2 rings (SSSR count). The first-order chi connectivity index (χ1) is 8.81. The Bertz CT molecular complexity index is 352. The summed E-state index contributed by atoms with van der Waals surface area (Å²) in [7, 11) is 0. The molecule has 0 radical (unpaired) electrons. The number of rotatable bonds is 6. The molecule has 0 saturated heterocycles. The molecule has 0 aliphatic heterocycles. The predicted octanol–water partition coefficient (Wildman–Crippen LogP) is 3.95. The van der Waals surface area contributed by atoms with Crippen molar-refractivity contribution in [1.82, 2.24) is 5.32 Å². The molecule has 0 heterocycles. The lowest BCUT2D eigenvalue weighted by molar-refractivity contribution is 0.323. The van der Waals surface area contributed by atoms with Crippen LogP contribution in [0.5, 0.6) is 0 Å². The lowest BCUT2D eigenvalue weighted by atomic mass is 9.84. The summed E-state index contributed by atoms with van der Waals surface area (Å²) in [5.74, 6) is 1.78. The molecule has 1 fully saturated rings. The molecule has 1 heteroatoms. The molecule has 0 spiro atoms. The van der Waals surface area contributed by atoms with E-state index in [0.29, 0.717) is 0 Å². The van der Waals surface area contributed by atoms with Gasteiger partial charge < -0.3 is 5.32 Å². The van der Waals surface area contributed by atoms with Gasteiger partial charge in [-0.15, -0.1) is 0 Å². The summed E-state index contributed by atoms with van der Waals surface area (Å²) in [4.78, 5) is 0. The van der Waals surface area contributed by atoms with Crippen LogP contribution in [0.25, 0.3) is 0 Å². The van der Waals surface area contributed by atoms with Crippen LogP contribution < -0.4 is 5.32 Å². The van der Waals surface area contributed by atoms with E-state index >= 15 is 0 Å². The van der Waals surface area contributed by atoms with Crippen LogP contribution in [0.1, 0.15) is 43.7 Å². The maximum absolute atomic E-state index is 3.56. The topological polar surface area (TPSA) is 12.0 Å². The van der Waals surface area contributed by atoms with Gasteiger partial charge in [-0.2, -0.15) is 0 Å². The van der Waals surface area contributed by atoms with Crippen LogP contribution in [-0.4, -0.2) is 13.1 Å². The van der Waals surface area contributed by atoms with Gasteiger partial charge in [0.2, 0.25) is 0 Å². The molecule has 1 unspecified atom stereocenters. The van der Waals surface area contributed by atoms with Gasteiger partial charge in [0.25, 0.3) is 0 Å². The molecule has 0 aromatic heterocycles. The van der Waals surface area contributed by atoms with E-state index in [1.54, 1.807) is 5.56 Å². The molecule has 100 valence electrons. The van der Waals surface area contributed by atoms with E-state index in [9.17, 15) is 0 Å². The van der Waals surface area contributed by atoms with Crippen LogP contribution in [0.2, 0.25) is 0 Å². The molecule has 1 nitrogen and oxygen atoms in total. The fourth-order valence-corrected chi connectivity index (χ4v) is 3.29. The Labute approximate surface area is 112 Å². The molecule has 1 N–H and O–H groups in total. The Morgan fingerprint density at radius 2 is 1.94 bits per heavy atom. The second kappa shape index (κ2) is 6.94. The van der Waals surface area contributed by atoms with Gasteiger partial charge in [0.1, 0.15) is 0 Å². The monoisotopic (exact) mass is 245 g/mol. The van der Waals surface area contributed by atoms with Crippen LogP contribution >= 0.6 is 0 Å². The van der Waals surface area contributed by atoms with Crippen molar-refractivity contribution in [2.24, 2.45) is 11.8 Å². The van der Waals surface area contributed by atoms with Gasteiger partial charge in [0, 0.05) is 0 Å². The van der Waals surface area contributed by atoms with Crippen molar-refractivity contribution in [2.75, 3.05) is 13.1 Å². The van der Waals surface area contributed by atoms with Crippen LogP contribution in [0.15, 0.2) is 24.3 Å². The SMILES string of the molecule is CCNCC(Cc1ccccc1C)C1CCCC1. The standard InChI is InChI=1S/C17H27N/c1-3-18-13-17(15-9-6-7-10-15)12-16-11-5-4-8-14(16)2/h4-5,8,11,15,17-18H,3,6-7,9-10,12-13H2,1-2H3. The quantitative estimate of drug-likeness (QED) is 0.800. The normalized spacial score (nSPS) is 18.1. The molecule has 1 aromatic rings. The highest BCUT2D eigenvalue weighted by Crippen LogP contribution is 2.33. The van der Waals surface area contributed by atoms with Crippen molar-refractivity contribution in [3.05, 3.63) is 35.4 Å². The van der Waals surface area contributed by atoms with Crippen molar-refractivity contribution in [1.29, 1.82) is 0 Å². The molecule has 1 saturated carbocycles. The minimum absolute atomic E-state index is 0.827. The van der Waals surface area contributed by atoms with Crippen molar-refractivity contribution in [3.63, 3.8) is 0 Å². The molecule has 0 bridgehead atoms. The van der Waals surface area contributed by atoms with E-state index in [1.807, 2.05) is 0 Å². The third kappa shape index (κ3) is 3.58. The second-order valence-electron chi connectivity index (χ2n) is 5.74. The molecule has 18 heavy (non-hydrogen) atoms. The average Bonchev–Trinajstić information content (AvgIpc) is 2.90. The molecule has 1 aliphatic rings. The highest BCUT2D eigenvalue weighted by molar-refractivity contribution is 5.26. The second-order valence-corrected chi connectivity index (χ2v) is 5.74. The Balaban J connectivity index is 2.02. The van der Waals surface area contributed by atoms with Crippen LogP contribution in [0.4, 0.5) is 0 Å². The average molecular weight is 245 g/mol. The van der Waals surface area contributed by atoms with Crippen molar-refractivity contribution >= 4 is 0 Å². The smallest absolute Gasteiger partial charge is 0.00148 e. The minimum atomic E-state index is 0.827. The van der Waals surface area contributed by atoms with Gasteiger partial charge in [-0.05, 0) is 49.4 Å². The Hall–Kier alpha value is -0.820. The first-order valence-corrected chi connectivity index (χ1v) is 7.56. The van der Waals surface area contributed by atoms with Crippen LogP contribution in [-0.2, 0) is 6.42 Å². The zero-order chi connectivity index (χ0) is 12.8. The molecular weight excluding hydrogens is 218 g/mol. The minimum Gasteiger partial charge on any atom is -0.317 e. The third-order valence-electron chi connectivity index (χ3n) is 4.47. The summed E-state index contributed by atoms with van der Waals surface area (Å²) in [6, 6.07) is 8.88. The summed E-state index contributed by atoms with van der Waals surface area (Å²) in [5.41, 5.74) is 3.00. The summed E-state index contributed by atoms with van der Waals surface area (Å²) in [5, 5.41) is 3.56. The van der Waals surface area contributed by atoms with E-state index in [0.717, 1.165) is 18.4 Å². The van der Waals surface area contributed by atoms with Crippen LogP contribution in [0.3, 0.4) is 0 Å². The number of hydrogen-bond donors (Lipinski definition) is 1. The summed E-state index contributed by atoms with van der Waals surface area (Å²) >= 11 is 0. The summed E-state index contributed by atoms with van der Waals surface area (Å²) in [6.45, 7) is 6.74. The first-order valence-electron chi connectivity index (χ1n) is 7.56. The Morgan fingerprint density at radius 3 is 2.61 bits per heavy atom. The van der Waals surface area contributed by atoms with E-state index in [1.165, 1.54) is 44.2 Å². The fourth-order valence-electron chi connectivity index (χ4n) is 3.29. The van der Waals surface area contributed by atoms with Gasteiger partial charge in [-0.1, -0.05) is 56.9 Å².